The highest BCUT2D eigenvalue weighted by Crippen LogP contribution is 2.28. The fourth-order valence-electron chi connectivity index (χ4n) is 1.73. The molecule has 70 valence electrons. The van der Waals surface area contributed by atoms with Crippen LogP contribution in [-0.2, 0) is 6.42 Å². The molecule has 0 bridgehead atoms. The maximum absolute atomic E-state index is 10.6. The molecule has 0 heterocycles. The number of rotatable bonds is 2. The van der Waals surface area contributed by atoms with Crippen LogP contribution in [0.25, 0.3) is 10.8 Å². The number of nitroso groups, excluding NO2 is 1. The molecule has 0 aromatic heterocycles. The van der Waals surface area contributed by atoms with E-state index in [0.29, 0.717) is 5.69 Å². The lowest BCUT2D eigenvalue weighted by Gasteiger charge is -2.04. The molecular weight excluding hydrogens is 174 g/mol. The first kappa shape index (κ1) is 8.88. The van der Waals surface area contributed by atoms with Crippen molar-refractivity contribution in [3.63, 3.8) is 0 Å². The van der Waals surface area contributed by atoms with Crippen LogP contribution in [0.4, 0.5) is 5.69 Å². The van der Waals surface area contributed by atoms with Crippen LogP contribution in [0.5, 0.6) is 0 Å². The Labute approximate surface area is 82.5 Å². The third kappa shape index (κ3) is 1.29. The molecule has 2 aromatic rings. The molecule has 0 fully saturated rings. The summed E-state index contributed by atoms with van der Waals surface area (Å²) in [6.45, 7) is 2.11. The van der Waals surface area contributed by atoms with Gasteiger partial charge in [-0.2, -0.15) is 0 Å². The highest BCUT2D eigenvalue weighted by Gasteiger charge is 2.03. The van der Waals surface area contributed by atoms with Crippen LogP contribution >= 0.6 is 0 Å². The highest BCUT2D eigenvalue weighted by molar-refractivity contribution is 5.94. The highest BCUT2D eigenvalue weighted by atomic mass is 16.3. The molecule has 0 aliphatic rings. The average Bonchev–Trinajstić information content (AvgIpc) is 2.27. The zero-order chi connectivity index (χ0) is 9.97. The largest absolute Gasteiger partial charge is 0.145 e. The van der Waals surface area contributed by atoms with Crippen LogP contribution in [-0.4, -0.2) is 0 Å². The van der Waals surface area contributed by atoms with Gasteiger partial charge in [-0.15, -0.1) is 4.91 Å². The maximum Gasteiger partial charge on any atom is 0.115 e. The molecule has 0 amide bonds. The summed E-state index contributed by atoms with van der Waals surface area (Å²) in [5, 5.41) is 5.10. The predicted molar refractivity (Wildman–Crippen MR) is 58.8 cm³/mol. The molecule has 0 spiro atoms. The molecule has 2 rings (SSSR count). The smallest absolute Gasteiger partial charge is 0.115 e. The summed E-state index contributed by atoms with van der Waals surface area (Å²) in [4.78, 5) is 10.6. The summed E-state index contributed by atoms with van der Waals surface area (Å²) in [6, 6.07) is 11.6. The van der Waals surface area contributed by atoms with E-state index in [0.717, 1.165) is 17.2 Å². The molecule has 2 nitrogen and oxygen atoms in total. The Morgan fingerprint density at radius 3 is 2.43 bits per heavy atom. The Morgan fingerprint density at radius 2 is 1.79 bits per heavy atom. The van der Waals surface area contributed by atoms with E-state index in [2.05, 4.69) is 12.1 Å². The zero-order valence-corrected chi connectivity index (χ0v) is 8.03. The van der Waals surface area contributed by atoms with Crippen molar-refractivity contribution in [1.29, 1.82) is 0 Å². The second-order valence-corrected chi connectivity index (χ2v) is 3.23. The Kier molecular flexibility index (Phi) is 2.27. The molecule has 0 saturated carbocycles. The van der Waals surface area contributed by atoms with Gasteiger partial charge in [-0.25, -0.2) is 0 Å². The Morgan fingerprint density at radius 1 is 1.07 bits per heavy atom. The van der Waals surface area contributed by atoms with Crippen LogP contribution in [0.1, 0.15) is 12.5 Å². The summed E-state index contributed by atoms with van der Waals surface area (Å²) < 4.78 is 0. The Balaban J connectivity index is 2.84. The lowest BCUT2D eigenvalue weighted by Crippen LogP contribution is -1.83. The molecule has 0 saturated heterocycles. The van der Waals surface area contributed by atoms with E-state index < -0.39 is 0 Å². The quantitative estimate of drug-likeness (QED) is 0.654. The number of nitrogens with zero attached hydrogens (tertiary/aromatic N) is 1. The van der Waals surface area contributed by atoms with Gasteiger partial charge < -0.3 is 0 Å². The number of fused-ring (bicyclic) bond motifs is 1. The topological polar surface area (TPSA) is 29.4 Å². The van der Waals surface area contributed by atoms with E-state index >= 15 is 0 Å². The van der Waals surface area contributed by atoms with E-state index in [4.69, 9.17) is 0 Å². The zero-order valence-electron chi connectivity index (χ0n) is 8.03. The fourth-order valence-corrected chi connectivity index (χ4v) is 1.73. The molecule has 2 heteroatoms. The standard InChI is InChI=1S/C12H11NO/c1-2-9-7-8-12(13-14)11-6-4-3-5-10(9)11/h3-8H,2H2,1H3. The first-order valence-electron chi connectivity index (χ1n) is 4.70. The number of hydrogen-bond acceptors (Lipinski definition) is 2. The number of benzene rings is 2. The van der Waals surface area contributed by atoms with Crippen LogP contribution in [0, 0.1) is 4.91 Å². The van der Waals surface area contributed by atoms with E-state index in [-0.39, 0.29) is 0 Å². The van der Waals surface area contributed by atoms with Gasteiger partial charge in [-0.3, -0.25) is 0 Å². The predicted octanol–water partition coefficient (Wildman–Crippen LogP) is 3.80. The van der Waals surface area contributed by atoms with Crippen LogP contribution in [0.15, 0.2) is 41.6 Å². The van der Waals surface area contributed by atoms with Crippen LogP contribution in [0.3, 0.4) is 0 Å². The number of hydrogen-bond donors (Lipinski definition) is 0. The minimum absolute atomic E-state index is 0.526. The summed E-state index contributed by atoms with van der Waals surface area (Å²) >= 11 is 0. The summed E-state index contributed by atoms with van der Waals surface area (Å²) in [5.74, 6) is 0. The molecule has 14 heavy (non-hydrogen) atoms. The molecule has 0 unspecified atom stereocenters. The van der Waals surface area contributed by atoms with Crippen LogP contribution in [0.2, 0.25) is 0 Å². The van der Waals surface area contributed by atoms with Gasteiger partial charge in [-0.1, -0.05) is 37.3 Å². The van der Waals surface area contributed by atoms with E-state index in [1.807, 2.05) is 30.3 Å². The van der Waals surface area contributed by atoms with Gasteiger partial charge in [0.15, 0.2) is 0 Å². The minimum Gasteiger partial charge on any atom is -0.145 e. The van der Waals surface area contributed by atoms with Crippen LogP contribution < -0.4 is 0 Å². The molecule has 0 atom stereocenters. The fraction of sp³-hybridized carbons (Fsp3) is 0.167. The van der Waals surface area contributed by atoms with Gasteiger partial charge in [0.1, 0.15) is 5.69 Å². The molecule has 0 aliphatic heterocycles. The van der Waals surface area contributed by atoms with Crippen molar-refractivity contribution in [1.82, 2.24) is 0 Å². The van der Waals surface area contributed by atoms with E-state index in [9.17, 15) is 4.91 Å². The molecule has 0 aliphatic carbocycles. The summed E-state index contributed by atoms with van der Waals surface area (Å²) in [6.07, 6.45) is 0.972. The van der Waals surface area contributed by atoms with Gasteiger partial charge in [-0.05, 0) is 28.6 Å². The molecule has 0 radical (unpaired) electrons. The van der Waals surface area contributed by atoms with Crippen molar-refractivity contribution in [3.8, 4) is 0 Å². The summed E-state index contributed by atoms with van der Waals surface area (Å²) in [5.41, 5.74) is 1.78. The third-order valence-electron chi connectivity index (χ3n) is 2.47. The van der Waals surface area contributed by atoms with Crippen molar-refractivity contribution in [2.24, 2.45) is 5.18 Å². The average molecular weight is 185 g/mol. The summed E-state index contributed by atoms with van der Waals surface area (Å²) in [7, 11) is 0. The van der Waals surface area contributed by atoms with Gasteiger partial charge in [0.25, 0.3) is 0 Å². The SMILES string of the molecule is CCc1ccc(N=O)c2ccccc12. The maximum atomic E-state index is 10.6. The van der Waals surface area contributed by atoms with Crippen molar-refractivity contribution in [2.75, 3.05) is 0 Å². The second-order valence-electron chi connectivity index (χ2n) is 3.23. The normalized spacial score (nSPS) is 10.4. The second kappa shape index (κ2) is 3.58. The van der Waals surface area contributed by atoms with Gasteiger partial charge in [0, 0.05) is 5.39 Å². The Bertz CT molecular complexity index is 477. The molecule has 2 aromatic carbocycles. The van der Waals surface area contributed by atoms with Gasteiger partial charge in [0.2, 0.25) is 0 Å². The van der Waals surface area contributed by atoms with Crippen molar-refractivity contribution in [3.05, 3.63) is 46.9 Å². The van der Waals surface area contributed by atoms with E-state index in [1.54, 1.807) is 6.07 Å². The molecular formula is C12H11NO. The third-order valence-corrected chi connectivity index (χ3v) is 2.47. The molecule has 0 N–H and O–H groups in total. The minimum atomic E-state index is 0.526. The van der Waals surface area contributed by atoms with Crippen molar-refractivity contribution in [2.45, 2.75) is 13.3 Å². The monoisotopic (exact) mass is 185 g/mol. The van der Waals surface area contributed by atoms with Crippen molar-refractivity contribution >= 4 is 16.5 Å². The lowest BCUT2D eigenvalue weighted by atomic mass is 10.0. The van der Waals surface area contributed by atoms with Gasteiger partial charge >= 0.3 is 0 Å². The van der Waals surface area contributed by atoms with Crippen molar-refractivity contribution < 1.29 is 0 Å². The first-order valence-corrected chi connectivity index (χ1v) is 4.70. The Hall–Kier alpha value is -1.70. The van der Waals surface area contributed by atoms with E-state index in [1.165, 1.54) is 5.56 Å². The lowest BCUT2D eigenvalue weighted by molar-refractivity contribution is 1.16. The number of aryl methyl sites for hydroxylation is 1. The van der Waals surface area contributed by atoms with Gasteiger partial charge in [0.05, 0.1) is 0 Å². The first-order chi connectivity index (χ1) is 6.86.